The van der Waals surface area contributed by atoms with Crippen LogP contribution in [0, 0.1) is 0 Å². The summed E-state index contributed by atoms with van der Waals surface area (Å²) in [4.78, 5) is 10.7. The highest BCUT2D eigenvalue weighted by Crippen LogP contribution is 2.22. The molecule has 2 N–H and O–H groups in total. The third-order valence-electron chi connectivity index (χ3n) is 2.01. The number of aliphatic hydroxyl groups is 1. The van der Waals surface area contributed by atoms with Gasteiger partial charge in [-0.25, -0.2) is 4.79 Å². The van der Waals surface area contributed by atoms with Crippen molar-refractivity contribution in [3.05, 3.63) is 23.7 Å². The number of rotatable bonds is 6. The fourth-order valence-corrected chi connectivity index (χ4v) is 2.06. The second kappa shape index (κ2) is 5.82. The maximum absolute atomic E-state index is 10.7. The fraction of sp³-hybridized carbons (Fsp3) is 0.500. The van der Waals surface area contributed by atoms with E-state index in [2.05, 4.69) is 0 Å². The zero-order valence-electron chi connectivity index (χ0n) is 8.47. The summed E-state index contributed by atoms with van der Waals surface area (Å²) in [6.45, 7) is 2.14. The Kier molecular flexibility index (Phi) is 4.71. The highest BCUT2D eigenvalue weighted by Gasteiger charge is 2.14. The van der Waals surface area contributed by atoms with Crippen molar-refractivity contribution >= 4 is 17.7 Å². The first-order valence-corrected chi connectivity index (χ1v) is 5.72. The highest BCUT2D eigenvalue weighted by molar-refractivity contribution is 7.99. The van der Waals surface area contributed by atoms with Crippen LogP contribution in [-0.4, -0.2) is 28.0 Å². The second-order valence-corrected chi connectivity index (χ2v) is 4.62. The smallest absolute Gasteiger partial charge is 0.339 e. The summed E-state index contributed by atoms with van der Waals surface area (Å²) in [6, 6.07) is 1.45. The van der Waals surface area contributed by atoms with Gasteiger partial charge in [0.2, 0.25) is 0 Å². The predicted octanol–water partition coefficient (Wildman–Crippen LogP) is 1.98. The number of carboxylic acids is 1. The van der Waals surface area contributed by atoms with E-state index >= 15 is 0 Å². The largest absolute Gasteiger partial charge is 0.478 e. The first kappa shape index (κ1) is 12.1. The van der Waals surface area contributed by atoms with Crippen LogP contribution in [0.3, 0.4) is 0 Å². The molecule has 0 aromatic carbocycles. The van der Waals surface area contributed by atoms with Gasteiger partial charge in [0.1, 0.15) is 11.3 Å². The van der Waals surface area contributed by atoms with Gasteiger partial charge in [0.25, 0.3) is 0 Å². The third-order valence-corrected chi connectivity index (χ3v) is 3.24. The number of carbonyl (C=O) groups is 1. The summed E-state index contributed by atoms with van der Waals surface area (Å²) in [7, 11) is 0. The van der Waals surface area contributed by atoms with Gasteiger partial charge in [-0.1, -0.05) is 6.92 Å². The van der Waals surface area contributed by atoms with E-state index in [1.807, 2.05) is 6.92 Å². The standard InChI is InChI=1S/C10H14O4S/c1-7(2-4-11)15-6-9-8(10(12)13)3-5-14-9/h3,5,7,11H,2,4,6H2,1H3,(H,12,13). The van der Waals surface area contributed by atoms with E-state index in [0.29, 0.717) is 23.2 Å². The number of carboxylic acid groups (broad SMARTS) is 1. The molecule has 0 aliphatic carbocycles. The van der Waals surface area contributed by atoms with Crippen LogP contribution in [0.5, 0.6) is 0 Å². The van der Waals surface area contributed by atoms with Gasteiger partial charge >= 0.3 is 5.97 Å². The average molecular weight is 230 g/mol. The molecule has 1 atom stereocenters. The van der Waals surface area contributed by atoms with Gasteiger partial charge < -0.3 is 14.6 Å². The van der Waals surface area contributed by atoms with E-state index in [1.165, 1.54) is 12.3 Å². The molecule has 0 saturated carbocycles. The lowest BCUT2D eigenvalue weighted by atomic mass is 10.3. The molecular formula is C10H14O4S. The minimum Gasteiger partial charge on any atom is -0.478 e. The van der Waals surface area contributed by atoms with Gasteiger partial charge in [-0.3, -0.25) is 0 Å². The van der Waals surface area contributed by atoms with E-state index in [4.69, 9.17) is 14.6 Å². The van der Waals surface area contributed by atoms with Crippen molar-refractivity contribution in [1.82, 2.24) is 0 Å². The molecule has 1 rings (SSSR count). The van der Waals surface area contributed by atoms with Crippen LogP contribution in [0.1, 0.15) is 29.5 Å². The number of thioether (sulfide) groups is 1. The molecule has 1 aromatic rings. The molecule has 0 bridgehead atoms. The van der Waals surface area contributed by atoms with Crippen molar-refractivity contribution in [2.75, 3.05) is 6.61 Å². The van der Waals surface area contributed by atoms with Crippen molar-refractivity contribution in [3.63, 3.8) is 0 Å². The third kappa shape index (κ3) is 3.60. The molecule has 1 aromatic heterocycles. The summed E-state index contributed by atoms with van der Waals surface area (Å²) < 4.78 is 5.09. The molecular weight excluding hydrogens is 216 g/mol. The van der Waals surface area contributed by atoms with Crippen molar-refractivity contribution in [2.45, 2.75) is 24.3 Å². The number of furan rings is 1. The molecule has 5 heteroatoms. The number of aliphatic hydroxyl groups excluding tert-OH is 1. The minimum atomic E-state index is -0.964. The van der Waals surface area contributed by atoms with E-state index in [9.17, 15) is 4.79 Å². The molecule has 0 radical (unpaired) electrons. The van der Waals surface area contributed by atoms with E-state index < -0.39 is 5.97 Å². The average Bonchev–Trinajstić information content (AvgIpc) is 2.63. The van der Waals surface area contributed by atoms with Crippen molar-refractivity contribution in [2.24, 2.45) is 0 Å². The molecule has 0 saturated heterocycles. The zero-order valence-corrected chi connectivity index (χ0v) is 9.29. The van der Waals surface area contributed by atoms with Crippen LogP contribution in [-0.2, 0) is 5.75 Å². The van der Waals surface area contributed by atoms with Crippen LogP contribution < -0.4 is 0 Å². The first-order chi connectivity index (χ1) is 7.15. The minimum absolute atomic E-state index is 0.151. The molecule has 4 nitrogen and oxygen atoms in total. The molecule has 1 unspecified atom stereocenters. The lowest BCUT2D eigenvalue weighted by Gasteiger charge is -2.07. The summed E-state index contributed by atoms with van der Waals surface area (Å²) in [5.41, 5.74) is 0.221. The lowest BCUT2D eigenvalue weighted by Crippen LogP contribution is -2.02. The van der Waals surface area contributed by atoms with Crippen molar-refractivity contribution in [1.29, 1.82) is 0 Å². The molecule has 0 spiro atoms. The summed E-state index contributed by atoms with van der Waals surface area (Å²) in [5, 5.41) is 17.8. The van der Waals surface area contributed by atoms with E-state index in [1.54, 1.807) is 11.8 Å². The van der Waals surface area contributed by atoms with Crippen molar-refractivity contribution < 1.29 is 19.4 Å². The predicted molar refractivity (Wildman–Crippen MR) is 58.1 cm³/mol. The van der Waals surface area contributed by atoms with Gasteiger partial charge in [-0.05, 0) is 12.5 Å². The summed E-state index contributed by atoms with van der Waals surface area (Å²) in [6.07, 6.45) is 2.09. The lowest BCUT2D eigenvalue weighted by molar-refractivity contribution is 0.0695. The molecule has 0 fully saturated rings. The summed E-state index contributed by atoms with van der Waals surface area (Å²) >= 11 is 1.57. The van der Waals surface area contributed by atoms with Crippen LogP contribution in [0.25, 0.3) is 0 Å². The summed E-state index contributed by atoms with van der Waals surface area (Å²) in [5.74, 6) is 0.0435. The zero-order chi connectivity index (χ0) is 11.3. The molecule has 15 heavy (non-hydrogen) atoms. The van der Waals surface area contributed by atoms with Crippen LogP contribution in [0.2, 0.25) is 0 Å². The monoisotopic (exact) mass is 230 g/mol. The maximum Gasteiger partial charge on any atom is 0.339 e. The molecule has 0 amide bonds. The van der Waals surface area contributed by atoms with Crippen molar-refractivity contribution in [3.8, 4) is 0 Å². The topological polar surface area (TPSA) is 70.7 Å². The quantitative estimate of drug-likeness (QED) is 0.782. The number of hydrogen-bond acceptors (Lipinski definition) is 4. The Hall–Kier alpha value is -0.940. The van der Waals surface area contributed by atoms with E-state index in [0.717, 1.165) is 0 Å². The van der Waals surface area contributed by atoms with Gasteiger partial charge in [-0.15, -0.1) is 0 Å². The van der Waals surface area contributed by atoms with Crippen LogP contribution >= 0.6 is 11.8 Å². The van der Waals surface area contributed by atoms with Crippen LogP contribution in [0.4, 0.5) is 0 Å². The molecule has 1 heterocycles. The Morgan fingerprint density at radius 2 is 2.40 bits per heavy atom. The van der Waals surface area contributed by atoms with Gasteiger partial charge in [0.05, 0.1) is 12.0 Å². The first-order valence-electron chi connectivity index (χ1n) is 4.67. The second-order valence-electron chi connectivity index (χ2n) is 3.20. The Morgan fingerprint density at radius 1 is 1.67 bits per heavy atom. The highest BCUT2D eigenvalue weighted by atomic mass is 32.2. The molecule has 84 valence electrons. The Morgan fingerprint density at radius 3 is 3.00 bits per heavy atom. The van der Waals surface area contributed by atoms with Gasteiger partial charge in [0, 0.05) is 11.9 Å². The Bertz CT molecular complexity index is 321. The van der Waals surface area contributed by atoms with Crippen LogP contribution in [0.15, 0.2) is 16.7 Å². The normalized spacial score (nSPS) is 12.7. The van der Waals surface area contributed by atoms with E-state index in [-0.39, 0.29) is 12.2 Å². The maximum atomic E-state index is 10.7. The van der Waals surface area contributed by atoms with Gasteiger partial charge in [0.15, 0.2) is 0 Å². The number of hydrogen-bond donors (Lipinski definition) is 2. The molecule has 0 aliphatic rings. The Labute approximate surface area is 92.3 Å². The Balaban J connectivity index is 2.50. The number of aromatic carboxylic acids is 1. The fourth-order valence-electron chi connectivity index (χ4n) is 1.13. The van der Waals surface area contributed by atoms with Gasteiger partial charge in [-0.2, -0.15) is 11.8 Å². The SMILES string of the molecule is CC(CCO)SCc1occc1C(=O)O. The molecule has 0 aliphatic heterocycles.